The fourth-order valence-corrected chi connectivity index (χ4v) is 2.94. The Kier molecular flexibility index (Phi) is 4.35. The van der Waals surface area contributed by atoms with Gasteiger partial charge < -0.3 is 10.3 Å². The Labute approximate surface area is 130 Å². The minimum Gasteiger partial charge on any atom is -0.368 e. The average Bonchev–Trinajstić information content (AvgIpc) is 2.66. The number of amides is 1. The molecule has 1 heterocycles. The standard InChI is InChI=1S/C13H15ClIN3O/c1-7(2)12(13(16)19)18-10-4-3-8(15)5-9(10)17-11(18)6-14/h3-5,7,12H,6H2,1-2H3,(H2,16,19). The smallest absolute Gasteiger partial charge is 0.240 e. The second kappa shape index (κ2) is 5.66. The summed E-state index contributed by atoms with van der Waals surface area (Å²) in [4.78, 5) is 16.2. The number of aromatic nitrogens is 2. The summed E-state index contributed by atoms with van der Waals surface area (Å²) in [5.74, 6) is 0.647. The maximum absolute atomic E-state index is 11.7. The lowest BCUT2D eigenvalue weighted by Gasteiger charge is -2.21. The van der Waals surface area contributed by atoms with Crippen molar-refractivity contribution in [1.29, 1.82) is 0 Å². The van der Waals surface area contributed by atoms with Gasteiger partial charge in [-0.25, -0.2) is 4.98 Å². The molecule has 0 radical (unpaired) electrons. The van der Waals surface area contributed by atoms with E-state index in [1.165, 1.54) is 0 Å². The van der Waals surface area contributed by atoms with Crippen LogP contribution in [0.15, 0.2) is 18.2 Å². The lowest BCUT2D eigenvalue weighted by molar-refractivity contribution is -0.122. The molecule has 0 saturated carbocycles. The van der Waals surface area contributed by atoms with E-state index in [0.717, 1.165) is 14.6 Å². The highest BCUT2D eigenvalue weighted by Gasteiger charge is 2.26. The molecule has 2 rings (SSSR count). The molecule has 19 heavy (non-hydrogen) atoms. The summed E-state index contributed by atoms with van der Waals surface area (Å²) < 4.78 is 2.96. The molecule has 1 atom stereocenters. The quantitative estimate of drug-likeness (QED) is 0.643. The number of nitrogens with zero attached hydrogens (tertiary/aromatic N) is 2. The zero-order valence-electron chi connectivity index (χ0n) is 10.7. The van der Waals surface area contributed by atoms with Gasteiger partial charge in [0.25, 0.3) is 0 Å². The molecule has 0 bridgehead atoms. The summed E-state index contributed by atoms with van der Waals surface area (Å²) in [5.41, 5.74) is 7.28. The van der Waals surface area contributed by atoms with Gasteiger partial charge >= 0.3 is 0 Å². The van der Waals surface area contributed by atoms with Crippen molar-refractivity contribution < 1.29 is 4.79 Å². The van der Waals surface area contributed by atoms with Crippen molar-refractivity contribution in [2.75, 3.05) is 0 Å². The first-order chi connectivity index (χ1) is 8.95. The third-order valence-electron chi connectivity index (χ3n) is 3.05. The molecule has 2 N–H and O–H groups in total. The molecule has 0 fully saturated rings. The van der Waals surface area contributed by atoms with E-state index < -0.39 is 6.04 Å². The van der Waals surface area contributed by atoms with Crippen LogP contribution in [-0.2, 0) is 10.7 Å². The topological polar surface area (TPSA) is 60.9 Å². The first-order valence-electron chi connectivity index (χ1n) is 5.97. The van der Waals surface area contributed by atoms with Gasteiger partial charge in [-0.05, 0) is 46.7 Å². The summed E-state index contributed by atoms with van der Waals surface area (Å²) in [7, 11) is 0. The number of alkyl halides is 1. The van der Waals surface area contributed by atoms with E-state index in [1.54, 1.807) is 0 Å². The number of carbonyl (C=O) groups excluding carboxylic acids is 1. The molecule has 1 unspecified atom stereocenters. The Bertz CT molecular complexity index is 624. The number of halogens is 2. The van der Waals surface area contributed by atoms with Crippen molar-refractivity contribution in [3.8, 4) is 0 Å². The van der Waals surface area contributed by atoms with Crippen LogP contribution in [0.4, 0.5) is 0 Å². The molecular weight excluding hydrogens is 377 g/mol. The number of imidazole rings is 1. The molecule has 0 aliphatic heterocycles. The molecular formula is C13H15ClIN3O. The zero-order chi connectivity index (χ0) is 14.2. The van der Waals surface area contributed by atoms with Gasteiger partial charge in [-0.3, -0.25) is 4.79 Å². The van der Waals surface area contributed by atoms with Crippen LogP contribution in [0.3, 0.4) is 0 Å². The summed E-state index contributed by atoms with van der Waals surface area (Å²) in [6.45, 7) is 3.93. The van der Waals surface area contributed by atoms with Crippen molar-refractivity contribution in [2.24, 2.45) is 11.7 Å². The highest BCUT2D eigenvalue weighted by Crippen LogP contribution is 2.27. The van der Waals surface area contributed by atoms with Crippen molar-refractivity contribution in [2.45, 2.75) is 25.8 Å². The van der Waals surface area contributed by atoms with Gasteiger partial charge in [-0.1, -0.05) is 13.8 Å². The highest BCUT2D eigenvalue weighted by atomic mass is 127. The molecule has 0 saturated heterocycles. The number of rotatable bonds is 4. The molecule has 0 aliphatic carbocycles. The second-order valence-corrected chi connectivity index (χ2v) is 6.27. The van der Waals surface area contributed by atoms with Crippen molar-refractivity contribution in [3.63, 3.8) is 0 Å². The van der Waals surface area contributed by atoms with Gasteiger partial charge in [-0.2, -0.15) is 0 Å². The van der Waals surface area contributed by atoms with Gasteiger partial charge in [0.1, 0.15) is 11.9 Å². The molecule has 6 heteroatoms. The minimum absolute atomic E-state index is 0.0798. The number of fused-ring (bicyclic) bond motifs is 1. The number of nitrogens with two attached hydrogens (primary N) is 1. The largest absolute Gasteiger partial charge is 0.368 e. The lowest BCUT2D eigenvalue weighted by Crippen LogP contribution is -2.31. The fourth-order valence-electron chi connectivity index (χ4n) is 2.28. The van der Waals surface area contributed by atoms with Gasteiger partial charge in [0.05, 0.1) is 16.9 Å². The van der Waals surface area contributed by atoms with Crippen molar-refractivity contribution in [1.82, 2.24) is 9.55 Å². The van der Waals surface area contributed by atoms with Gasteiger partial charge in [-0.15, -0.1) is 11.6 Å². The number of carbonyl (C=O) groups is 1. The van der Waals surface area contributed by atoms with Gasteiger partial charge in [0, 0.05) is 3.57 Å². The third-order valence-corrected chi connectivity index (χ3v) is 3.96. The van der Waals surface area contributed by atoms with Crippen LogP contribution >= 0.6 is 34.2 Å². The number of primary amides is 1. The van der Waals surface area contributed by atoms with Crippen LogP contribution in [0.2, 0.25) is 0 Å². The van der Waals surface area contributed by atoms with E-state index >= 15 is 0 Å². The molecule has 0 aliphatic rings. The van der Waals surface area contributed by atoms with Crippen LogP contribution in [0.25, 0.3) is 11.0 Å². The predicted octanol–water partition coefficient (Wildman–Crippen LogP) is 3.06. The highest BCUT2D eigenvalue weighted by molar-refractivity contribution is 14.1. The van der Waals surface area contributed by atoms with E-state index in [4.69, 9.17) is 17.3 Å². The zero-order valence-corrected chi connectivity index (χ0v) is 13.6. The van der Waals surface area contributed by atoms with Crippen LogP contribution in [0.1, 0.15) is 25.7 Å². The molecule has 2 aromatic rings. The van der Waals surface area contributed by atoms with Crippen LogP contribution in [-0.4, -0.2) is 15.5 Å². The maximum atomic E-state index is 11.7. The molecule has 0 spiro atoms. The predicted molar refractivity (Wildman–Crippen MR) is 85.1 cm³/mol. The molecule has 1 amide bonds. The maximum Gasteiger partial charge on any atom is 0.240 e. The van der Waals surface area contributed by atoms with E-state index in [-0.39, 0.29) is 17.7 Å². The first-order valence-corrected chi connectivity index (χ1v) is 7.58. The van der Waals surface area contributed by atoms with Crippen LogP contribution in [0.5, 0.6) is 0 Å². The van der Waals surface area contributed by atoms with E-state index in [9.17, 15) is 4.79 Å². The Morgan fingerprint density at radius 3 is 2.74 bits per heavy atom. The average molecular weight is 392 g/mol. The van der Waals surface area contributed by atoms with E-state index in [2.05, 4.69) is 27.6 Å². The Balaban J connectivity index is 2.72. The molecule has 102 valence electrons. The lowest BCUT2D eigenvalue weighted by atomic mass is 10.0. The van der Waals surface area contributed by atoms with Crippen LogP contribution < -0.4 is 5.73 Å². The van der Waals surface area contributed by atoms with Crippen molar-refractivity contribution in [3.05, 3.63) is 27.6 Å². The van der Waals surface area contributed by atoms with E-state index in [0.29, 0.717) is 5.82 Å². The van der Waals surface area contributed by atoms with Gasteiger partial charge in [0.15, 0.2) is 0 Å². The second-order valence-electron chi connectivity index (χ2n) is 4.76. The summed E-state index contributed by atoms with van der Waals surface area (Å²) >= 11 is 8.19. The normalized spacial score (nSPS) is 13.1. The monoisotopic (exact) mass is 391 g/mol. The van der Waals surface area contributed by atoms with Crippen LogP contribution in [0, 0.1) is 9.49 Å². The SMILES string of the molecule is CC(C)C(C(N)=O)n1c(CCl)nc2cc(I)ccc21. The Morgan fingerprint density at radius 1 is 1.53 bits per heavy atom. The summed E-state index contributed by atoms with van der Waals surface area (Å²) in [6, 6.07) is 5.48. The van der Waals surface area contributed by atoms with Gasteiger partial charge in [0.2, 0.25) is 5.91 Å². The molecule has 4 nitrogen and oxygen atoms in total. The minimum atomic E-state index is -0.432. The number of hydrogen-bond acceptors (Lipinski definition) is 2. The number of hydrogen-bond donors (Lipinski definition) is 1. The van der Waals surface area contributed by atoms with Crippen molar-refractivity contribution >= 4 is 51.1 Å². The fraction of sp³-hybridized carbons (Fsp3) is 0.385. The molecule has 1 aromatic heterocycles. The summed E-state index contributed by atoms with van der Waals surface area (Å²) in [6.07, 6.45) is 0. The molecule has 1 aromatic carbocycles. The Hall–Kier alpha value is -0.820. The Morgan fingerprint density at radius 2 is 2.21 bits per heavy atom. The third kappa shape index (κ3) is 2.72. The number of benzene rings is 1. The van der Waals surface area contributed by atoms with E-state index in [1.807, 2.05) is 36.6 Å². The summed E-state index contributed by atoms with van der Waals surface area (Å²) in [5, 5.41) is 0. The first kappa shape index (κ1) is 14.6.